The summed E-state index contributed by atoms with van der Waals surface area (Å²) >= 11 is 1.10. The predicted octanol–water partition coefficient (Wildman–Crippen LogP) is 3.98. The van der Waals surface area contributed by atoms with E-state index in [0.717, 1.165) is 41.8 Å². The first-order valence-electron chi connectivity index (χ1n) is 7.42. The maximum atomic E-state index is 12.5. The van der Waals surface area contributed by atoms with Crippen molar-refractivity contribution in [1.82, 2.24) is 4.90 Å². The van der Waals surface area contributed by atoms with E-state index in [1.54, 1.807) is 6.07 Å². The number of carbonyl (C=O) groups is 1. The Hall–Kier alpha value is -1.07. The van der Waals surface area contributed by atoms with Gasteiger partial charge < -0.3 is 9.64 Å². The average Bonchev–Trinajstić information content (AvgIpc) is 3.02. The molecule has 0 radical (unpaired) electrons. The van der Waals surface area contributed by atoms with Gasteiger partial charge in [0.2, 0.25) is 0 Å². The fourth-order valence-electron chi connectivity index (χ4n) is 3.30. The van der Waals surface area contributed by atoms with Gasteiger partial charge in [-0.1, -0.05) is 12.1 Å². The summed E-state index contributed by atoms with van der Waals surface area (Å²) < 4.78 is 17.3. The number of ketones is 1. The van der Waals surface area contributed by atoms with Crippen molar-refractivity contribution in [2.45, 2.75) is 42.3 Å². The van der Waals surface area contributed by atoms with Crippen LogP contribution in [-0.4, -0.2) is 36.0 Å². The second-order valence-corrected chi connectivity index (χ2v) is 6.88. The summed E-state index contributed by atoms with van der Waals surface area (Å²) in [5.41, 5.74) is -1.21. The Morgan fingerprint density at radius 3 is 3.00 bits per heavy atom. The molecule has 1 aromatic carbocycles. The van der Waals surface area contributed by atoms with Crippen molar-refractivity contribution in [3.05, 3.63) is 24.3 Å². The molecule has 4 rings (SSSR count). The van der Waals surface area contributed by atoms with Gasteiger partial charge >= 0.3 is 0 Å². The third-order valence-electron chi connectivity index (χ3n) is 4.48. The van der Waals surface area contributed by atoms with E-state index < -0.39 is 5.69 Å². The summed E-state index contributed by atoms with van der Waals surface area (Å²) in [6.07, 6.45) is 4.12. The van der Waals surface area contributed by atoms with Crippen LogP contribution in [0.15, 0.2) is 29.2 Å². The van der Waals surface area contributed by atoms with Crippen LogP contribution in [0, 0.1) is 5.92 Å². The largest absolute Gasteiger partial charge is 0.450 e. The summed E-state index contributed by atoms with van der Waals surface area (Å²) in [4.78, 5) is 14.4. The number of hydrogen-bond acceptors (Lipinski definition) is 4. The zero-order valence-corrected chi connectivity index (χ0v) is 12.9. The molecule has 0 N–H and O–H groups in total. The van der Waals surface area contributed by atoms with Crippen LogP contribution >= 0.6 is 11.8 Å². The fourth-order valence-corrected chi connectivity index (χ4v) is 4.04. The van der Waals surface area contributed by atoms with E-state index in [1.165, 1.54) is 13.0 Å². The molecule has 2 fully saturated rings. The van der Waals surface area contributed by atoms with E-state index in [1.807, 2.05) is 18.2 Å². The van der Waals surface area contributed by atoms with Crippen molar-refractivity contribution in [1.29, 1.82) is 0 Å². The Balaban J connectivity index is 0.000000212. The van der Waals surface area contributed by atoms with Crippen molar-refractivity contribution in [2.24, 2.45) is 5.92 Å². The fraction of sp³-hybridized carbons (Fsp3) is 0.562. The quantitative estimate of drug-likeness (QED) is 0.725. The number of hydrogen-bond donors (Lipinski definition) is 0. The molecule has 3 atom stereocenters. The van der Waals surface area contributed by atoms with E-state index in [0.29, 0.717) is 17.6 Å². The van der Waals surface area contributed by atoms with Crippen molar-refractivity contribution in [3.8, 4) is 5.75 Å². The molecule has 3 aliphatic rings. The molecule has 0 aromatic heterocycles. The van der Waals surface area contributed by atoms with Gasteiger partial charge in [-0.3, -0.25) is 4.79 Å². The molecule has 118 valence electrons. The number of rotatable bonds is 0. The normalized spacial score (nSPS) is 31.0. The highest BCUT2D eigenvalue weighted by Gasteiger charge is 2.36. The number of benzene rings is 1. The monoisotopic (exact) mass is 313 g/mol. The highest BCUT2D eigenvalue weighted by atomic mass is 32.2. The van der Waals surface area contributed by atoms with Crippen LogP contribution in [0.2, 0.25) is 0 Å². The van der Waals surface area contributed by atoms with Crippen LogP contribution in [0.5, 0.6) is 5.75 Å². The molecule has 2 heterocycles. The van der Waals surface area contributed by atoms with E-state index in [-0.39, 0.29) is 2.85 Å². The number of likely N-dealkylation sites (tertiary alicyclic amines) is 1. The number of Topliss-reactive ketones (excluding diaryl/α,β-unsaturated/α-hetero) is 1. The van der Waals surface area contributed by atoms with Crippen LogP contribution in [0.3, 0.4) is 0 Å². The van der Waals surface area contributed by atoms with Crippen molar-refractivity contribution in [3.63, 3.8) is 0 Å². The van der Waals surface area contributed by atoms with E-state index in [4.69, 9.17) is 4.74 Å². The van der Waals surface area contributed by atoms with Gasteiger partial charge in [0, 0.05) is 21.7 Å². The first-order chi connectivity index (χ1) is 10.1. The van der Waals surface area contributed by atoms with Gasteiger partial charge in [-0.25, -0.2) is 0 Å². The number of halogens is 1. The molecule has 2 unspecified atom stereocenters. The predicted molar refractivity (Wildman–Crippen MR) is 85.4 cm³/mol. The third kappa shape index (κ3) is 3.40. The van der Waals surface area contributed by atoms with Crippen LogP contribution < -0.4 is 4.74 Å². The summed E-state index contributed by atoms with van der Waals surface area (Å²) in [5, 5.41) is 0. The molecule has 2 aliphatic heterocycles. The number of thioether (sulfide) groups is 1. The molecule has 1 saturated heterocycles. The van der Waals surface area contributed by atoms with Crippen molar-refractivity contribution >= 4 is 17.5 Å². The molecule has 1 aliphatic carbocycles. The first-order valence-corrected chi connectivity index (χ1v) is 8.30. The molecule has 1 aromatic rings. The molecule has 3 nitrogen and oxygen atoms in total. The summed E-state index contributed by atoms with van der Waals surface area (Å²) in [5.74, 6) is 1.96. The van der Waals surface area contributed by atoms with Crippen LogP contribution in [0.1, 0.15) is 28.5 Å². The number of fused-ring (bicyclic) bond motifs is 2. The topological polar surface area (TPSA) is 29.5 Å². The van der Waals surface area contributed by atoms with Gasteiger partial charge in [-0.15, -0.1) is 0 Å². The van der Waals surface area contributed by atoms with Gasteiger partial charge in [0.15, 0.2) is 0 Å². The van der Waals surface area contributed by atoms with Gasteiger partial charge in [0.05, 0.1) is 4.90 Å². The first kappa shape index (κ1) is 14.9. The lowest BCUT2D eigenvalue weighted by Crippen LogP contribution is -2.35. The van der Waals surface area contributed by atoms with Gasteiger partial charge in [-0.05, 0) is 56.2 Å². The third-order valence-corrected chi connectivity index (χ3v) is 5.35. The minimum absolute atomic E-state index is 0. The minimum atomic E-state index is -1.21. The molecular formula is C16H24FNO2S. The van der Waals surface area contributed by atoms with E-state index >= 15 is 0 Å². The number of alkyl halides is 1. The van der Waals surface area contributed by atoms with E-state index in [9.17, 15) is 9.18 Å². The highest BCUT2D eigenvalue weighted by molar-refractivity contribution is 8.00. The zero-order valence-electron chi connectivity index (χ0n) is 12.1. The van der Waals surface area contributed by atoms with E-state index in [2.05, 4.69) is 11.9 Å². The summed E-state index contributed by atoms with van der Waals surface area (Å²) in [7, 11) is 2.14. The van der Waals surface area contributed by atoms with Crippen LogP contribution in [-0.2, 0) is 4.79 Å². The summed E-state index contributed by atoms with van der Waals surface area (Å²) in [6, 6.07) is 7.91. The van der Waals surface area contributed by atoms with Gasteiger partial charge in [0.25, 0.3) is 5.69 Å². The maximum absolute atomic E-state index is 12.5. The molecule has 5 heteroatoms. The standard InChI is InChI=1S/C9H15NO.C7H5FOS.2H2/c1-10-5-4-7-2-3-8(11)6-9(7)10;8-7-9-5-3-1-2-4-6(5)10-7;;/h7,9H,2-6H2,1H3;1-4,7H;2*1H/t;7-;;/m.1../s1. The maximum Gasteiger partial charge on any atom is 0.291 e. The van der Waals surface area contributed by atoms with Crippen molar-refractivity contribution in [2.75, 3.05) is 13.6 Å². The Labute approximate surface area is 131 Å². The second-order valence-electron chi connectivity index (χ2n) is 5.84. The summed E-state index contributed by atoms with van der Waals surface area (Å²) in [6.45, 7) is 1.20. The number of carbonyl (C=O) groups excluding carboxylic acids is 1. The Kier molecular flexibility index (Phi) is 4.50. The smallest absolute Gasteiger partial charge is 0.291 e. The Morgan fingerprint density at radius 1 is 1.38 bits per heavy atom. The van der Waals surface area contributed by atoms with Gasteiger partial charge in [-0.2, -0.15) is 4.39 Å². The number of para-hydroxylation sites is 1. The molecule has 0 spiro atoms. The second kappa shape index (κ2) is 6.36. The minimum Gasteiger partial charge on any atom is -0.450 e. The van der Waals surface area contributed by atoms with Crippen LogP contribution in [0.4, 0.5) is 4.39 Å². The highest BCUT2D eigenvalue weighted by Crippen LogP contribution is 2.40. The lowest BCUT2D eigenvalue weighted by atomic mass is 9.84. The van der Waals surface area contributed by atoms with Crippen LogP contribution in [0.25, 0.3) is 0 Å². The Bertz CT molecular complexity index is 510. The number of ether oxygens (including phenoxy) is 1. The van der Waals surface area contributed by atoms with Gasteiger partial charge in [0.1, 0.15) is 11.5 Å². The van der Waals surface area contributed by atoms with Crippen molar-refractivity contribution < 1.29 is 16.8 Å². The molecule has 1 saturated carbocycles. The average molecular weight is 313 g/mol. The lowest BCUT2D eigenvalue weighted by molar-refractivity contribution is -0.122. The number of nitrogens with zero attached hydrogens (tertiary/aromatic N) is 1. The Morgan fingerprint density at radius 2 is 2.19 bits per heavy atom. The zero-order chi connectivity index (χ0) is 14.8. The molecule has 0 bridgehead atoms. The molecule has 21 heavy (non-hydrogen) atoms. The lowest BCUT2D eigenvalue weighted by Gasteiger charge is -2.28. The molecule has 0 amide bonds. The molecular weight excluding hydrogens is 289 g/mol. The SMILES string of the molecule is CN1CCC2CCC(=O)CC21.F[C@@H]1Oc2ccccc2S1.[HH].[HH].